The molecular formula is C16H32N2O2. The molecule has 1 fully saturated rings. The molecule has 2 atom stereocenters. The van der Waals surface area contributed by atoms with Gasteiger partial charge in [0.25, 0.3) is 0 Å². The van der Waals surface area contributed by atoms with E-state index in [1.807, 2.05) is 25.7 Å². The van der Waals surface area contributed by atoms with Crippen molar-refractivity contribution in [2.24, 2.45) is 5.92 Å². The maximum atomic E-state index is 12.1. The highest BCUT2D eigenvalue weighted by Gasteiger charge is 2.24. The van der Waals surface area contributed by atoms with Gasteiger partial charge >= 0.3 is 6.09 Å². The molecule has 0 bridgehead atoms. The fraction of sp³-hybridized carbons (Fsp3) is 0.938. The van der Waals surface area contributed by atoms with E-state index in [-0.39, 0.29) is 6.09 Å². The lowest BCUT2D eigenvalue weighted by atomic mass is 10.1. The van der Waals surface area contributed by atoms with Crippen LogP contribution in [-0.2, 0) is 4.74 Å². The molecule has 1 saturated carbocycles. The van der Waals surface area contributed by atoms with Crippen molar-refractivity contribution in [2.45, 2.75) is 71.9 Å². The molecule has 0 saturated heterocycles. The molecule has 0 aromatic heterocycles. The molecule has 4 heteroatoms. The second kappa shape index (κ2) is 7.87. The Morgan fingerprint density at radius 2 is 2.00 bits per heavy atom. The van der Waals surface area contributed by atoms with E-state index in [4.69, 9.17) is 4.74 Å². The third kappa shape index (κ3) is 6.12. The minimum atomic E-state index is -0.420. The van der Waals surface area contributed by atoms with Gasteiger partial charge in [0.2, 0.25) is 0 Å². The van der Waals surface area contributed by atoms with E-state index in [1.54, 1.807) is 0 Å². The van der Waals surface area contributed by atoms with E-state index in [1.165, 1.54) is 19.3 Å². The SMILES string of the molecule is CCCN(CCNC1CCCC1C)C(=O)OC(C)(C)C. The standard InChI is InChI=1S/C16H32N2O2/c1-6-11-18(15(19)20-16(3,4)5)12-10-17-14-9-7-8-13(14)2/h13-14,17H,6-12H2,1-5H3. The van der Waals surface area contributed by atoms with Crippen LogP contribution in [0.25, 0.3) is 0 Å². The van der Waals surface area contributed by atoms with Crippen LogP contribution >= 0.6 is 0 Å². The van der Waals surface area contributed by atoms with Gasteiger partial charge in [-0.25, -0.2) is 4.79 Å². The van der Waals surface area contributed by atoms with E-state index in [2.05, 4.69) is 19.2 Å². The molecule has 1 aliphatic rings. The maximum absolute atomic E-state index is 12.1. The summed E-state index contributed by atoms with van der Waals surface area (Å²) in [5.41, 5.74) is -0.420. The number of carbonyl (C=O) groups excluding carboxylic acids is 1. The number of nitrogens with one attached hydrogen (secondary N) is 1. The Bertz CT molecular complexity index is 299. The van der Waals surface area contributed by atoms with Crippen molar-refractivity contribution in [1.82, 2.24) is 10.2 Å². The molecule has 0 radical (unpaired) electrons. The predicted molar refractivity (Wildman–Crippen MR) is 82.9 cm³/mol. The molecule has 2 unspecified atom stereocenters. The minimum absolute atomic E-state index is 0.194. The maximum Gasteiger partial charge on any atom is 0.410 e. The Hall–Kier alpha value is -0.770. The van der Waals surface area contributed by atoms with Gasteiger partial charge in [-0.05, 0) is 46.0 Å². The van der Waals surface area contributed by atoms with Gasteiger partial charge < -0.3 is 15.0 Å². The van der Waals surface area contributed by atoms with Crippen molar-refractivity contribution in [1.29, 1.82) is 0 Å². The third-order valence-corrected chi connectivity index (χ3v) is 3.79. The average molecular weight is 284 g/mol. The lowest BCUT2D eigenvalue weighted by Gasteiger charge is -2.28. The number of hydrogen-bond donors (Lipinski definition) is 1. The number of nitrogens with zero attached hydrogens (tertiary/aromatic N) is 1. The molecule has 20 heavy (non-hydrogen) atoms. The van der Waals surface area contributed by atoms with Gasteiger partial charge in [-0.3, -0.25) is 0 Å². The zero-order chi connectivity index (χ0) is 15.2. The zero-order valence-electron chi connectivity index (χ0n) is 13.9. The van der Waals surface area contributed by atoms with E-state index in [0.29, 0.717) is 6.04 Å². The molecule has 0 aromatic rings. The van der Waals surface area contributed by atoms with Gasteiger partial charge in [-0.15, -0.1) is 0 Å². The van der Waals surface area contributed by atoms with Gasteiger partial charge in [-0.2, -0.15) is 0 Å². The van der Waals surface area contributed by atoms with E-state index in [0.717, 1.165) is 32.0 Å². The summed E-state index contributed by atoms with van der Waals surface area (Å²) in [6, 6.07) is 0.622. The largest absolute Gasteiger partial charge is 0.444 e. The van der Waals surface area contributed by atoms with Crippen molar-refractivity contribution in [3.05, 3.63) is 0 Å². The number of rotatable bonds is 6. The Labute approximate surface area is 124 Å². The van der Waals surface area contributed by atoms with E-state index >= 15 is 0 Å². The van der Waals surface area contributed by atoms with Gasteiger partial charge in [0.05, 0.1) is 0 Å². The minimum Gasteiger partial charge on any atom is -0.444 e. The molecule has 1 N–H and O–H groups in total. The molecule has 4 nitrogen and oxygen atoms in total. The molecule has 1 rings (SSSR count). The smallest absolute Gasteiger partial charge is 0.410 e. The van der Waals surface area contributed by atoms with Crippen molar-refractivity contribution in [3.8, 4) is 0 Å². The monoisotopic (exact) mass is 284 g/mol. The highest BCUT2D eigenvalue weighted by molar-refractivity contribution is 5.68. The van der Waals surface area contributed by atoms with Gasteiger partial charge in [-0.1, -0.05) is 20.3 Å². The molecule has 1 amide bonds. The van der Waals surface area contributed by atoms with Crippen LogP contribution in [-0.4, -0.2) is 42.3 Å². The van der Waals surface area contributed by atoms with Gasteiger partial charge in [0.1, 0.15) is 5.60 Å². The van der Waals surface area contributed by atoms with Crippen LogP contribution in [0.1, 0.15) is 60.3 Å². The van der Waals surface area contributed by atoms with Crippen molar-refractivity contribution < 1.29 is 9.53 Å². The topological polar surface area (TPSA) is 41.6 Å². The normalized spacial score (nSPS) is 22.9. The van der Waals surface area contributed by atoms with Crippen LogP contribution in [0.2, 0.25) is 0 Å². The third-order valence-electron chi connectivity index (χ3n) is 3.79. The summed E-state index contributed by atoms with van der Waals surface area (Å²) in [5, 5.41) is 3.59. The molecule has 1 aliphatic carbocycles. The van der Waals surface area contributed by atoms with Crippen LogP contribution in [0.4, 0.5) is 4.79 Å². The predicted octanol–water partition coefficient (Wildman–Crippen LogP) is 3.41. The van der Waals surface area contributed by atoms with Gasteiger partial charge in [0.15, 0.2) is 0 Å². The van der Waals surface area contributed by atoms with Crippen molar-refractivity contribution in [3.63, 3.8) is 0 Å². The van der Waals surface area contributed by atoms with E-state index < -0.39 is 5.60 Å². The summed E-state index contributed by atoms with van der Waals surface area (Å²) >= 11 is 0. The summed E-state index contributed by atoms with van der Waals surface area (Å²) in [6.07, 6.45) is 4.67. The first-order valence-electron chi connectivity index (χ1n) is 8.04. The molecule has 118 valence electrons. The number of ether oxygens (including phenoxy) is 1. The second-order valence-corrected chi connectivity index (χ2v) is 6.94. The van der Waals surface area contributed by atoms with E-state index in [9.17, 15) is 4.79 Å². The quantitative estimate of drug-likeness (QED) is 0.812. The number of amides is 1. The Kier molecular flexibility index (Phi) is 6.80. The molecule has 0 aliphatic heterocycles. The lowest BCUT2D eigenvalue weighted by molar-refractivity contribution is 0.0250. The first-order valence-corrected chi connectivity index (χ1v) is 8.04. The molecule has 0 spiro atoms. The number of hydrogen-bond acceptors (Lipinski definition) is 3. The summed E-state index contributed by atoms with van der Waals surface area (Å²) in [6.45, 7) is 12.5. The lowest BCUT2D eigenvalue weighted by Crippen LogP contribution is -2.43. The second-order valence-electron chi connectivity index (χ2n) is 6.94. The van der Waals surface area contributed by atoms with Crippen molar-refractivity contribution in [2.75, 3.05) is 19.6 Å². The van der Waals surface area contributed by atoms with Crippen LogP contribution in [0.3, 0.4) is 0 Å². The Balaban J connectivity index is 2.36. The molecule has 0 aromatic carbocycles. The summed E-state index contributed by atoms with van der Waals surface area (Å²) in [5.74, 6) is 0.760. The average Bonchev–Trinajstić information content (AvgIpc) is 2.72. The van der Waals surface area contributed by atoms with Gasteiger partial charge in [0, 0.05) is 25.7 Å². The van der Waals surface area contributed by atoms with Crippen LogP contribution in [0.5, 0.6) is 0 Å². The first-order chi connectivity index (χ1) is 9.33. The van der Waals surface area contributed by atoms with Crippen LogP contribution in [0.15, 0.2) is 0 Å². The number of carbonyl (C=O) groups is 1. The van der Waals surface area contributed by atoms with Crippen LogP contribution in [0, 0.1) is 5.92 Å². The molecular weight excluding hydrogens is 252 g/mol. The van der Waals surface area contributed by atoms with Crippen molar-refractivity contribution >= 4 is 6.09 Å². The fourth-order valence-corrected chi connectivity index (χ4v) is 2.72. The zero-order valence-corrected chi connectivity index (χ0v) is 13.9. The Morgan fingerprint density at radius 1 is 1.30 bits per heavy atom. The highest BCUT2D eigenvalue weighted by atomic mass is 16.6. The summed E-state index contributed by atoms with van der Waals surface area (Å²) in [4.78, 5) is 13.9. The summed E-state index contributed by atoms with van der Waals surface area (Å²) in [7, 11) is 0. The first kappa shape index (κ1) is 17.3. The highest BCUT2D eigenvalue weighted by Crippen LogP contribution is 2.24. The summed E-state index contributed by atoms with van der Waals surface area (Å²) < 4.78 is 5.46. The Morgan fingerprint density at radius 3 is 2.50 bits per heavy atom. The molecule has 0 heterocycles. The fourth-order valence-electron chi connectivity index (χ4n) is 2.72. The van der Waals surface area contributed by atoms with Crippen LogP contribution < -0.4 is 5.32 Å².